The van der Waals surface area contributed by atoms with E-state index in [-0.39, 0.29) is 29.3 Å². The highest BCUT2D eigenvalue weighted by molar-refractivity contribution is 6.34. The van der Waals surface area contributed by atoms with Crippen LogP contribution in [0.1, 0.15) is 33.6 Å². The van der Waals surface area contributed by atoms with Crippen LogP contribution < -0.4 is 9.64 Å². The summed E-state index contributed by atoms with van der Waals surface area (Å²) in [5.74, 6) is -3.44. The van der Waals surface area contributed by atoms with E-state index in [9.17, 15) is 18.4 Å². The van der Waals surface area contributed by atoms with Gasteiger partial charge >= 0.3 is 0 Å². The Morgan fingerprint density at radius 2 is 1.56 bits per heavy atom. The average molecular weight is 373 g/mol. The maximum Gasteiger partial charge on any atom is 0.266 e. The summed E-state index contributed by atoms with van der Waals surface area (Å²) in [5, 5.41) is 0. The Labute approximate surface area is 154 Å². The van der Waals surface area contributed by atoms with Crippen LogP contribution >= 0.6 is 0 Å². The van der Waals surface area contributed by atoms with Crippen LogP contribution in [0.5, 0.6) is 5.75 Å². The molecule has 0 N–H and O–H groups in total. The van der Waals surface area contributed by atoms with Crippen molar-refractivity contribution in [3.63, 3.8) is 0 Å². The van der Waals surface area contributed by atoms with Crippen molar-refractivity contribution in [1.82, 2.24) is 0 Å². The van der Waals surface area contributed by atoms with Crippen molar-refractivity contribution in [2.24, 2.45) is 5.92 Å². The van der Waals surface area contributed by atoms with Gasteiger partial charge in [0.1, 0.15) is 0 Å². The molecule has 1 saturated heterocycles. The molecule has 0 unspecified atom stereocenters. The Balaban J connectivity index is 1.57. The first-order chi connectivity index (χ1) is 13.1. The van der Waals surface area contributed by atoms with Gasteiger partial charge < -0.3 is 9.47 Å². The quantitative estimate of drug-likeness (QED) is 0.769. The second-order valence-electron chi connectivity index (χ2n) is 6.60. The number of rotatable bonds is 4. The third-order valence-electron chi connectivity index (χ3n) is 4.84. The number of hydrogen-bond acceptors (Lipinski definition) is 4. The number of halogens is 2. The van der Waals surface area contributed by atoms with Crippen molar-refractivity contribution in [2.75, 3.05) is 24.7 Å². The number of benzene rings is 2. The molecule has 2 heterocycles. The number of imide groups is 1. The van der Waals surface area contributed by atoms with E-state index >= 15 is 0 Å². The number of fused-ring (bicyclic) bond motifs is 1. The Hall–Kier alpha value is -2.80. The molecule has 2 aliphatic rings. The number of carbonyl (C=O) groups is 2. The van der Waals surface area contributed by atoms with Crippen LogP contribution in [0.4, 0.5) is 14.5 Å². The second kappa shape index (κ2) is 7.08. The highest BCUT2D eigenvalue weighted by Crippen LogP contribution is 2.33. The lowest BCUT2D eigenvalue weighted by atomic mass is 10.0. The maximum absolute atomic E-state index is 14.5. The monoisotopic (exact) mass is 373 g/mol. The third-order valence-corrected chi connectivity index (χ3v) is 4.84. The van der Waals surface area contributed by atoms with E-state index in [2.05, 4.69) is 0 Å². The normalized spacial score (nSPS) is 17.3. The van der Waals surface area contributed by atoms with Crippen LogP contribution in [0, 0.1) is 17.6 Å². The van der Waals surface area contributed by atoms with Gasteiger partial charge in [0, 0.05) is 25.3 Å². The van der Waals surface area contributed by atoms with Crippen LogP contribution in [0.15, 0.2) is 36.4 Å². The van der Waals surface area contributed by atoms with Crippen molar-refractivity contribution < 1.29 is 27.8 Å². The summed E-state index contributed by atoms with van der Waals surface area (Å²) in [4.78, 5) is 25.7. The molecule has 4 rings (SSSR count). The third kappa shape index (κ3) is 3.19. The molecule has 0 aromatic heterocycles. The van der Waals surface area contributed by atoms with Crippen molar-refractivity contribution in [1.29, 1.82) is 0 Å². The van der Waals surface area contributed by atoms with E-state index in [0.29, 0.717) is 13.2 Å². The van der Waals surface area contributed by atoms with Gasteiger partial charge in [0.25, 0.3) is 11.8 Å². The standard InChI is InChI=1S/C20H17F2NO4/c21-16-9-13(23-19(24)14-3-1-2-4-15(14)20(23)25)10-17(22)18(16)27-11-12-5-7-26-8-6-12/h1-4,9-10,12H,5-8,11H2. The van der Waals surface area contributed by atoms with Crippen LogP contribution in [0.3, 0.4) is 0 Å². The Morgan fingerprint density at radius 1 is 1.00 bits per heavy atom. The van der Waals surface area contributed by atoms with E-state index in [4.69, 9.17) is 9.47 Å². The fourth-order valence-electron chi connectivity index (χ4n) is 3.35. The van der Waals surface area contributed by atoms with E-state index in [1.54, 1.807) is 12.1 Å². The summed E-state index contributed by atoms with van der Waals surface area (Å²) in [6.45, 7) is 1.40. The summed E-state index contributed by atoms with van der Waals surface area (Å²) >= 11 is 0. The van der Waals surface area contributed by atoms with E-state index in [0.717, 1.165) is 29.9 Å². The van der Waals surface area contributed by atoms with Crippen LogP contribution in [0.2, 0.25) is 0 Å². The van der Waals surface area contributed by atoms with Gasteiger partial charge in [-0.25, -0.2) is 13.7 Å². The molecule has 2 aliphatic heterocycles. The summed E-state index contributed by atoms with van der Waals surface area (Å²) in [6.07, 6.45) is 1.55. The highest BCUT2D eigenvalue weighted by atomic mass is 19.1. The van der Waals surface area contributed by atoms with Gasteiger partial charge in [0.05, 0.1) is 23.4 Å². The Morgan fingerprint density at radius 3 is 2.11 bits per heavy atom. The topological polar surface area (TPSA) is 55.8 Å². The van der Waals surface area contributed by atoms with Gasteiger partial charge in [-0.1, -0.05) is 12.1 Å². The first kappa shape index (κ1) is 17.6. The Bertz CT molecular complexity index is 851. The maximum atomic E-state index is 14.5. The zero-order valence-corrected chi connectivity index (χ0v) is 14.4. The molecular weight excluding hydrogens is 356 g/mol. The van der Waals surface area contributed by atoms with Crippen molar-refractivity contribution >= 4 is 17.5 Å². The molecule has 140 valence electrons. The van der Waals surface area contributed by atoms with Crippen LogP contribution in [-0.2, 0) is 4.74 Å². The molecular formula is C20H17F2NO4. The van der Waals surface area contributed by atoms with Gasteiger partial charge in [0.2, 0.25) is 0 Å². The van der Waals surface area contributed by atoms with Gasteiger partial charge in [0.15, 0.2) is 17.4 Å². The predicted octanol–water partition coefficient (Wildman–Crippen LogP) is 3.57. The minimum absolute atomic E-state index is 0.158. The number of anilines is 1. The molecule has 0 bridgehead atoms. The van der Waals surface area contributed by atoms with E-state index in [1.807, 2.05) is 0 Å². The van der Waals surface area contributed by atoms with Crippen molar-refractivity contribution in [3.05, 3.63) is 59.2 Å². The largest absolute Gasteiger partial charge is 0.487 e. The van der Waals surface area contributed by atoms with Gasteiger partial charge in [-0.05, 0) is 30.9 Å². The SMILES string of the molecule is O=C1c2ccccc2C(=O)N1c1cc(F)c(OCC2CCOCC2)c(F)c1. The minimum atomic E-state index is -0.950. The van der Waals surface area contributed by atoms with Crippen molar-refractivity contribution in [3.8, 4) is 5.75 Å². The summed E-state index contributed by atoms with van der Waals surface area (Å²) < 4.78 is 39.5. The second-order valence-corrected chi connectivity index (χ2v) is 6.60. The molecule has 2 amide bonds. The number of ether oxygens (including phenoxy) is 2. The summed E-state index contributed by atoms with van der Waals surface area (Å²) in [6, 6.07) is 8.17. The first-order valence-electron chi connectivity index (χ1n) is 8.73. The van der Waals surface area contributed by atoms with Gasteiger partial charge in [-0.15, -0.1) is 0 Å². The lowest BCUT2D eigenvalue weighted by molar-refractivity contribution is 0.0485. The average Bonchev–Trinajstić information content (AvgIpc) is 2.93. The lowest BCUT2D eigenvalue weighted by Crippen LogP contribution is -2.29. The van der Waals surface area contributed by atoms with Crippen LogP contribution in [0.25, 0.3) is 0 Å². The molecule has 0 atom stereocenters. The molecule has 2 aromatic carbocycles. The molecule has 2 aromatic rings. The molecule has 5 nitrogen and oxygen atoms in total. The number of carbonyl (C=O) groups excluding carboxylic acids is 2. The predicted molar refractivity (Wildman–Crippen MR) is 93.0 cm³/mol. The van der Waals surface area contributed by atoms with E-state index in [1.165, 1.54) is 12.1 Å². The smallest absolute Gasteiger partial charge is 0.266 e. The fourth-order valence-corrected chi connectivity index (χ4v) is 3.35. The Kier molecular flexibility index (Phi) is 4.61. The van der Waals surface area contributed by atoms with Gasteiger partial charge in [-0.3, -0.25) is 9.59 Å². The van der Waals surface area contributed by atoms with Crippen LogP contribution in [-0.4, -0.2) is 31.6 Å². The van der Waals surface area contributed by atoms with Gasteiger partial charge in [-0.2, -0.15) is 0 Å². The lowest BCUT2D eigenvalue weighted by Gasteiger charge is -2.22. The molecule has 7 heteroatoms. The van der Waals surface area contributed by atoms with E-state index < -0.39 is 29.2 Å². The molecule has 0 aliphatic carbocycles. The number of amides is 2. The molecule has 0 spiro atoms. The highest BCUT2D eigenvalue weighted by Gasteiger charge is 2.37. The molecule has 0 saturated carbocycles. The fraction of sp³-hybridized carbons (Fsp3) is 0.300. The molecule has 27 heavy (non-hydrogen) atoms. The van der Waals surface area contributed by atoms with Crippen molar-refractivity contribution in [2.45, 2.75) is 12.8 Å². The zero-order chi connectivity index (χ0) is 19.0. The molecule has 1 fully saturated rings. The number of nitrogens with zero attached hydrogens (tertiary/aromatic N) is 1. The molecule has 0 radical (unpaired) electrons. The summed E-state index contributed by atoms with van der Waals surface area (Å²) in [7, 11) is 0. The number of hydrogen-bond donors (Lipinski definition) is 0. The summed E-state index contributed by atoms with van der Waals surface area (Å²) in [5.41, 5.74) is 0.265. The zero-order valence-electron chi connectivity index (χ0n) is 14.4. The minimum Gasteiger partial charge on any atom is -0.487 e. The first-order valence-corrected chi connectivity index (χ1v) is 8.73.